The van der Waals surface area contributed by atoms with Crippen LogP contribution in [-0.4, -0.2) is 5.97 Å². The van der Waals surface area contributed by atoms with E-state index in [4.69, 9.17) is 16.3 Å². The first-order chi connectivity index (χ1) is 11.8. The zero-order chi connectivity index (χ0) is 16.8. The fourth-order valence-corrected chi connectivity index (χ4v) is 2.79. The van der Waals surface area contributed by atoms with Gasteiger partial charge in [0.1, 0.15) is 12.5 Å². The molecule has 0 fully saturated rings. The van der Waals surface area contributed by atoms with Crippen molar-refractivity contribution in [2.45, 2.75) is 12.5 Å². The minimum absolute atomic E-state index is 0.161. The van der Waals surface area contributed by atoms with Crippen molar-refractivity contribution in [3.63, 3.8) is 0 Å². The van der Waals surface area contributed by atoms with Crippen molar-refractivity contribution >= 4 is 17.6 Å². The summed E-state index contributed by atoms with van der Waals surface area (Å²) in [6, 6.07) is 26.7. The Morgan fingerprint density at radius 1 is 0.792 bits per heavy atom. The number of benzene rings is 3. The van der Waals surface area contributed by atoms with Crippen molar-refractivity contribution in [1.29, 1.82) is 0 Å². The lowest BCUT2D eigenvalue weighted by molar-refractivity contribution is -0.145. The van der Waals surface area contributed by atoms with Gasteiger partial charge in [-0.15, -0.1) is 0 Å². The van der Waals surface area contributed by atoms with E-state index in [0.717, 1.165) is 16.7 Å². The van der Waals surface area contributed by atoms with E-state index in [1.54, 1.807) is 6.07 Å². The molecule has 0 aromatic heterocycles. The Morgan fingerprint density at radius 3 is 1.83 bits per heavy atom. The van der Waals surface area contributed by atoms with Gasteiger partial charge >= 0.3 is 5.97 Å². The SMILES string of the molecule is O=C(OCc1ccccc1Cl)C(c1ccccc1)c1ccccc1. The van der Waals surface area contributed by atoms with Gasteiger partial charge < -0.3 is 4.74 Å². The largest absolute Gasteiger partial charge is 0.460 e. The molecule has 3 aromatic carbocycles. The number of hydrogen-bond acceptors (Lipinski definition) is 2. The molecule has 0 saturated heterocycles. The van der Waals surface area contributed by atoms with Gasteiger partial charge in [0.2, 0.25) is 0 Å². The third kappa shape index (κ3) is 3.84. The van der Waals surface area contributed by atoms with Gasteiger partial charge in [-0.2, -0.15) is 0 Å². The maximum Gasteiger partial charge on any atom is 0.318 e. The first kappa shape index (κ1) is 16.3. The Hall–Kier alpha value is -2.58. The summed E-state index contributed by atoms with van der Waals surface area (Å²) in [6.45, 7) is 0.161. The minimum atomic E-state index is -0.449. The molecule has 0 radical (unpaired) electrons. The second-order valence-corrected chi connectivity index (χ2v) is 5.86. The molecule has 0 spiro atoms. The molecule has 120 valence electrons. The molecule has 0 bridgehead atoms. The average Bonchev–Trinajstić information content (AvgIpc) is 2.63. The summed E-state index contributed by atoms with van der Waals surface area (Å²) < 4.78 is 5.56. The number of carbonyl (C=O) groups is 1. The molecule has 3 heteroatoms. The number of halogens is 1. The van der Waals surface area contributed by atoms with E-state index in [1.807, 2.05) is 78.9 Å². The van der Waals surface area contributed by atoms with Gasteiger partial charge in [0.05, 0.1) is 0 Å². The Kier molecular flexibility index (Phi) is 5.29. The number of ether oxygens (including phenoxy) is 1. The summed E-state index contributed by atoms with van der Waals surface area (Å²) in [5.41, 5.74) is 2.62. The standard InChI is InChI=1S/C21H17ClO2/c22-19-14-8-7-13-18(19)15-24-21(23)20(16-9-3-1-4-10-16)17-11-5-2-6-12-17/h1-14,20H,15H2. The molecular formula is C21H17ClO2. The van der Waals surface area contributed by atoms with Crippen LogP contribution in [0.1, 0.15) is 22.6 Å². The van der Waals surface area contributed by atoms with Crippen LogP contribution in [0.5, 0.6) is 0 Å². The maximum absolute atomic E-state index is 12.8. The fraction of sp³-hybridized carbons (Fsp3) is 0.0952. The molecule has 0 unspecified atom stereocenters. The van der Waals surface area contributed by atoms with Crippen LogP contribution in [0.4, 0.5) is 0 Å². The van der Waals surface area contributed by atoms with Crippen molar-refractivity contribution in [2.24, 2.45) is 0 Å². The smallest absolute Gasteiger partial charge is 0.318 e. The average molecular weight is 337 g/mol. The van der Waals surface area contributed by atoms with Crippen LogP contribution >= 0.6 is 11.6 Å². The third-order valence-corrected chi connectivity index (χ3v) is 4.20. The van der Waals surface area contributed by atoms with Gasteiger partial charge in [0.15, 0.2) is 0 Å². The zero-order valence-corrected chi connectivity index (χ0v) is 13.8. The predicted octanol–water partition coefficient (Wildman–Crippen LogP) is 5.22. The van der Waals surface area contributed by atoms with E-state index >= 15 is 0 Å². The molecule has 2 nitrogen and oxygen atoms in total. The Morgan fingerprint density at radius 2 is 1.29 bits per heavy atom. The van der Waals surface area contributed by atoms with Crippen molar-refractivity contribution in [3.8, 4) is 0 Å². The zero-order valence-electron chi connectivity index (χ0n) is 13.1. The maximum atomic E-state index is 12.8. The lowest BCUT2D eigenvalue weighted by Crippen LogP contribution is -2.17. The lowest BCUT2D eigenvalue weighted by atomic mass is 9.91. The van der Waals surface area contributed by atoms with Crippen LogP contribution in [0, 0.1) is 0 Å². The topological polar surface area (TPSA) is 26.3 Å². The van der Waals surface area contributed by atoms with Crippen molar-refractivity contribution < 1.29 is 9.53 Å². The number of rotatable bonds is 5. The van der Waals surface area contributed by atoms with Gasteiger partial charge in [0, 0.05) is 10.6 Å². The van der Waals surface area contributed by atoms with Crippen LogP contribution in [0.15, 0.2) is 84.9 Å². The molecule has 24 heavy (non-hydrogen) atoms. The van der Waals surface area contributed by atoms with E-state index < -0.39 is 5.92 Å². The third-order valence-electron chi connectivity index (χ3n) is 3.83. The summed E-state index contributed by atoms with van der Waals surface area (Å²) >= 11 is 6.13. The summed E-state index contributed by atoms with van der Waals surface area (Å²) in [5, 5.41) is 0.598. The summed E-state index contributed by atoms with van der Waals surface area (Å²) in [6.07, 6.45) is 0. The Labute approximate surface area is 146 Å². The van der Waals surface area contributed by atoms with Crippen LogP contribution in [0.3, 0.4) is 0 Å². The van der Waals surface area contributed by atoms with E-state index in [2.05, 4.69) is 0 Å². The van der Waals surface area contributed by atoms with E-state index in [-0.39, 0.29) is 12.6 Å². The second kappa shape index (κ2) is 7.80. The van der Waals surface area contributed by atoms with E-state index in [1.165, 1.54) is 0 Å². The molecule has 0 aliphatic heterocycles. The highest BCUT2D eigenvalue weighted by atomic mass is 35.5. The highest BCUT2D eigenvalue weighted by Crippen LogP contribution is 2.27. The molecule has 0 aliphatic carbocycles. The first-order valence-electron chi connectivity index (χ1n) is 7.75. The van der Waals surface area contributed by atoms with Crippen molar-refractivity contribution in [1.82, 2.24) is 0 Å². The second-order valence-electron chi connectivity index (χ2n) is 5.45. The van der Waals surface area contributed by atoms with Gasteiger partial charge in [-0.1, -0.05) is 90.5 Å². The highest BCUT2D eigenvalue weighted by molar-refractivity contribution is 6.31. The summed E-state index contributed by atoms with van der Waals surface area (Å²) in [4.78, 5) is 12.8. The minimum Gasteiger partial charge on any atom is -0.460 e. The number of hydrogen-bond donors (Lipinski definition) is 0. The normalized spacial score (nSPS) is 10.6. The Bertz CT molecular complexity index is 761. The molecule has 3 rings (SSSR count). The van der Waals surface area contributed by atoms with Crippen LogP contribution < -0.4 is 0 Å². The van der Waals surface area contributed by atoms with Gasteiger partial charge in [-0.05, 0) is 17.2 Å². The highest BCUT2D eigenvalue weighted by Gasteiger charge is 2.24. The van der Waals surface area contributed by atoms with Crippen molar-refractivity contribution in [3.05, 3.63) is 107 Å². The number of esters is 1. The molecular weight excluding hydrogens is 320 g/mol. The molecule has 3 aromatic rings. The van der Waals surface area contributed by atoms with Crippen molar-refractivity contribution in [2.75, 3.05) is 0 Å². The predicted molar refractivity (Wildman–Crippen MR) is 96.0 cm³/mol. The molecule has 0 atom stereocenters. The lowest BCUT2D eigenvalue weighted by Gasteiger charge is -2.17. The molecule has 0 N–H and O–H groups in total. The number of carbonyl (C=O) groups excluding carboxylic acids is 1. The quantitative estimate of drug-likeness (QED) is 0.597. The van der Waals surface area contributed by atoms with Crippen LogP contribution in [-0.2, 0) is 16.1 Å². The molecule has 0 saturated carbocycles. The van der Waals surface area contributed by atoms with E-state index in [9.17, 15) is 4.79 Å². The first-order valence-corrected chi connectivity index (χ1v) is 8.13. The van der Waals surface area contributed by atoms with Gasteiger partial charge in [0.25, 0.3) is 0 Å². The van der Waals surface area contributed by atoms with Crippen LogP contribution in [0.25, 0.3) is 0 Å². The van der Waals surface area contributed by atoms with Gasteiger partial charge in [-0.3, -0.25) is 4.79 Å². The molecule has 0 amide bonds. The molecule has 0 aliphatic rings. The summed E-state index contributed by atoms with van der Waals surface area (Å²) in [7, 11) is 0. The van der Waals surface area contributed by atoms with Gasteiger partial charge in [-0.25, -0.2) is 0 Å². The van der Waals surface area contributed by atoms with Crippen LogP contribution in [0.2, 0.25) is 5.02 Å². The van der Waals surface area contributed by atoms with E-state index in [0.29, 0.717) is 5.02 Å². The Balaban J connectivity index is 1.83. The monoisotopic (exact) mass is 336 g/mol. The fourth-order valence-electron chi connectivity index (χ4n) is 2.60. The molecule has 0 heterocycles. The summed E-state index contributed by atoms with van der Waals surface area (Å²) in [5.74, 6) is -0.734.